The highest BCUT2D eigenvalue weighted by Gasteiger charge is 2.20. The summed E-state index contributed by atoms with van der Waals surface area (Å²) in [4.78, 5) is 21.9. The highest BCUT2D eigenvalue weighted by molar-refractivity contribution is 5.94. The Morgan fingerprint density at radius 1 is 0.860 bits per heavy atom. The number of nitrogens with two attached hydrogens (primary N) is 1. The molecule has 3 N–H and O–H groups in total. The molecule has 8 nitrogen and oxygen atoms in total. The van der Waals surface area contributed by atoms with Crippen molar-refractivity contribution >= 4 is 17.6 Å². The molecule has 1 saturated carbocycles. The van der Waals surface area contributed by atoms with Crippen LogP contribution >= 0.6 is 0 Å². The molecule has 8 heteroatoms. The lowest BCUT2D eigenvalue weighted by molar-refractivity contribution is -0.118. The number of rotatable bonds is 13. The molecule has 4 rings (SSSR count). The smallest absolute Gasteiger partial charge is 0.218 e. The summed E-state index contributed by atoms with van der Waals surface area (Å²) in [6, 6.07) is 24.7. The number of amides is 1. The minimum atomic E-state index is -0.333. The number of ether oxygens (including phenoxy) is 2. The second kappa shape index (κ2) is 16.0. The summed E-state index contributed by atoms with van der Waals surface area (Å²) in [6.07, 6.45) is 6.19. The zero-order valence-electron chi connectivity index (χ0n) is 26.1. The predicted molar refractivity (Wildman–Crippen MR) is 175 cm³/mol. The van der Waals surface area contributed by atoms with Gasteiger partial charge < -0.3 is 30.3 Å². The third kappa shape index (κ3) is 9.75. The Morgan fingerprint density at radius 3 is 1.95 bits per heavy atom. The van der Waals surface area contributed by atoms with Crippen LogP contribution in [0.25, 0.3) is 0 Å². The molecular weight excluding hydrogens is 538 g/mol. The number of methoxy groups -OCH3 is 2. The van der Waals surface area contributed by atoms with E-state index in [1.54, 1.807) is 14.2 Å². The van der Waals surface area contributed by atoms with Crippen LogP contribution in [0.5, 0.6) is 11.5 Å². The Balaban J connectivity index is 1.61. The standard InChI is InChI=1S/C35H47N5O3/c1-39(2)22-23-40(25-26-10-18-31(42-3)19-11-26)35(37-29-8-6-5-7-9-29)38-30-16-12-27(13-17-30)33(24-34(36)41)28-14-20-32(43-4)21-15-28/h10-21,29,33H,5-9,22-25H2,1-4H3,(H2,36,41)(H,37,38). The summed E-state index contributed by atoms with van der Waals surface area (Å²) in [7, 11) is 7.53. The van der Waals surface area contributed by atoms with Gasteiger partial charge in [0.05, 0.1) is 20.3 Å². The lowest BCUT2D eigenvalue weighted by Crippen LogP contribution is -2.41. The summed E-state index contributed by atoms with van der Waals surface area (Å²) >= 11 is 0. The Bertz CT molecular complexity index is 1300. The molecule has 1 fully saturated rings. The summed E-state index contributed by atoms with van der Waals surface area (Å²) in [5, 5.41) is 3.68. The number of carbonyl (C=O) groups is 1. The van der Waals surface area contributed by atoms with Crippen molar-refractivity contribution in [3.63, 3.8) is 0 Å². The molecule has 1 aliphatic carbocycles. The Hall–Kier alpha value is -4.04. The third-order valence-electron chi connectivity index (χ3n) is 8.02. The van der Waals surface area contributed by atoms with Crippen molar-refractivity contribution in [2.45, 2.75) is 57.0 Å². The first kappa shape index (κ1) is 31.9. The van der Waals surface area contributed by atoms with Gasteiger partial charge in [-0.25, -0.2) is 4.99 Å². The molecule has 1 unspecified atom stereocenters. The number of nitrogens with one attached hydrogen (secondary N) is 1. The number of nitrogens with zero attached hydrogens (tertiary/aromatic N) is 3. The second-order valence-electron chi connectivity index (χ2n) is 11.6. The summed E-state index contributed by atoms with van der Waals surface area (Å²) in [6.45, 7) is 2.46. The first-order valence-corrected chi connectivity index (χ1v) is 15.2. The molecule has 1 amide bonds. The molecule has 0 spiro atoms. The van der Waals surface area contributed by atoms with Gasteiger partial charge in [0.25, 0.3) is 0 Å². The van der Waals surface area contributed by atoms with Crippen LogP contribution in [-0.2, 0) is 11.3 Å². The Kier molecular flexibility index (Phi) is 11.9. The molecule has 0 radical (unpaired) electrons. The maximum Gasteiger partial charge on any atom is 0.218 e. The van der Waals surface area contributed by atoms with Crippen LogP contribution in [0.15, 0.2) is 77.8 Å². The van der Waals surface area contributed by atoms with Crippen molar-refractivity contribution in [3.05, 3.63) is 89.5 Å². The number of likely N-dealkylation sites (N-methyl/N-ethyl adjacent to an activating group) is 1. The van der Waals surface area contributed by atoms with E-state index in [9.17, 15) is 4.79 Å². The molecule has 1 aliphatic rings. The van der Waals surface area contributed by atoms with E-state index in [4.69, 9.17) is 20.2 Å². The summed E-state index contributed by atoms with van der Waals surface area (Å²) in [5.74, 6) is 2.04. The number of benzene rings is 3. The minimum Gasteiger partial charge on any atom is -0.497 e. The average molecular weight is 586 g/mol. The van der Waals surface area contributed by atoms with Crippen molar-refractivity contribution in [2.75, 3.05) is 46.7 Å². The first-order valence-electron chi connectivity index (χ1n) is 15.2. The fraction of sp³-hybridized carbons (Fsp3) is 0.429. The number of anilines is 1. The van der Waals surface area contributed by atoms with E-state index in [2.05, 4.69) is 65.6 Å². The van der Waals surface area contributed by atoms with Gasteiger partial charge in [0.1, 0.15) is 11.5 Å². The van der Waals surface area contributed by atoms with Gasteiger partial charge in [-0.15, -0.1) is 0 Å². The molecule has 0 aromatic heterocycles. The molecule has 0 saturated heterocycles. The molecule has 3 aromatic rings. The van der Waals surface area contributed by atoms with E-state index in [-0.39, 0.29) is 18.2 Å². The SMILES string of the molecule is COc1ccc(CN(CCN(C)C)C(=NC2CCCCC2)Nc2ccc(C(CC(N)=O)c3ccc(OC)cc3)cc2)cc1. The second-order valence-corrected chi connectivity index (χ2v) is 11.6. The van der Waals surface area contributed by atoms with Gasteiger partial charge in [-0.2, -0.15) is 0 Å². The number of hydrogen-bond donors (Lipinski definition) is 2. The molecule has 0 aliphatic heterocycles. The van der Waals surface area contributed by atoms with Gasteiger partial charge in [0, 0.05) is 37.7 Å². The fourth-order valence-electron chi connectivity index (χ4n) is 5.50. The van der Waals surface area contributed by atoms with Crippen LogP contribution in [0.2, 0.25) is 0 Å². The topological polar surface area (TPSA) is 92.4 Å². The van der Waals surface area contributed by atoms with Crippen molar-refractivity contribution < 1.29 is 14.3 Å². The van der Waals surface area contributed by atoms with Crippen molar-refractivity contribution in [2.24, 2.45) is 10.7 Å². The van der Waals surface area contributed by atoms with Gasteiger partial charge in [0.2, 0.25) is 5.91 Å². The van der Waals surface area contributed by atoms with Crippen LogP contribution < -0.4 is 20.5 Å². The van der Waals surface area contributed by atoms with E-state index >= 15 is 0 Å². The number of carbonyl (C=O) groups excluding carboxylic acids is 1. The summed E-state index contributed by atoms with van der Waals surface area (Å²) < 4.78 is 10.7. The van der Waals surface area contributed by atoms with Gasteiger partial charge in [-0.3, -0.25) is 4.79 Å². The first-order chi connectivity index (χ1) is 20.8. The Morgan fingerprint density at radius 2 is 1.42 bits per heavy atom. The maximum absolute atomic E-state index is 12.0. The summed E-state index contributed by atoms with van der Waals surface area (Å²) in [5.41, 5.74) is 9.87. The van der Waals surface area contributed by atoms with Crippen LogP contribution in [0.4, 0.5) is 5.69 Å². The van der Waals surface area contributed by atoms with Gasteiger partial charge in [-0.05, 0) is 80.0 Å². The number of hydrogen-bond acceptors (Lipinski definition) is 5. The van der Waals surface area contributed by atoms with Crippen LogP contribution in [0, 0.1) is 0 Å². The van der Waals surface area contributed by atoms with Crippen molar-refractivity contribution in [3.8, 4) is 11.5 Å². The molecular formula is C35H47N5O3. The molecule has 0 bridgehead atoms. The zero-order chi connectivity index (χ0) is 30.6. The highest BCUT2D eigenvalue weighted by atomic mass is 16.5. The fourth-order valence-corrected chi connectivity index (χ4v) is 5.50. The molecule has 3 aromatic carbocycles. The number of primary amides is 1. The van der Waals surface area contributed by atoms with Crippen LogP contribution in [-0.4, -0.2) is 69.1 Å². The predicted octanol–water partition coefficient (Wildman–Crippen LogP) is 5.88. The third-order valence-corrected chi connectivity index (χ3v) is 8.02. The molecule has 43 heavy (non-hydrogen) atoms. The van der Waals surface area contributed by atoms with E-state index < -0.39 is 0 Å². The molecule has 230 valence electrons. The largest absolute Gasteiger partial charge is 0.497 e. The highest BCUT2D eigenvalue weighted by Crippen LogP contribution is 2.30. The molecule has 0 heterocycles. The number of guanidine groups is 1. The van der Waals surface area contributed by atoms with E-state index in [1.165, 1.54) is 24.8 Å². The van der Waals surface area contributed by atoms with Gasteiger partial charge in [-0.1, -0.05) is 55.7 Å². The van der Waals surface area contributed by atoms with E-state index in [0.29, 0.717) is 6.04 Å². The van der Waals surface area contributed by atoms with Crippen molar-refractivity contribution in [1.29, 1.82) is 0 Å². The average Bonchev–Trinajstić information content (AvgIpc) is 3.03. The van der Waals surface area contributed by atoms with Crippen LogP contribution in [0.3, 0.4) is 0 Å². The van der Waals surface area contributed by atoms with Crippen LogP contribution in [0.1, 0.15) is 61.1 Å². The van der Waals surface area contributed by atoms with E-state index in [0.717, 1.165) is 66.7 Å². The lowest BCUT2D eigenvalue weighted by Gasteiger charge is -2.30. The normalized spacial score (nSPS) is 14.8. The zero-order valence-corrected chi connectivity index (χ0v) is 26.1. The van der Waals surface area contributed by atoms with Gasteiger partial charge >= 0.3 is 0 Å². The quantitative estimate of drug-likeness (QED) is 0.192. The lowest BCUT2D eigenvalue weighted by atomic mass is 9.88. The van der Waals surface area contributed by atoms with E-state index in [1.807, 2.05) is 36.4 Å². The minimum absolute atomic E-state index is 0.139. The molecule has 1 atom stereocenters. The monoisotopic (exact) mass is 585 g/mol. The Labute approximate surface area is 256 Å². The van der Waals surface area contributed by atoms with Crippen molar-refractivity contribution in [1.82, 2.24) is 9.80 Å². The van der Waals surface area contributed by atoms with Gasteiger partial charge in [0.15, 0.2) is 5.96 Å². The maximum atomic E-state index is 12.0. The number of aliphatic imine (C=N–C) groups is 1.